The van der Waals surface area contributed by atoms with E-state index in [9.17, 15) is 4.79 Å². The van der Waals surface area contributed by atoms with Gasteiger partial charge in [-0.05, 0) is 12.1 Å². The number of benzene rings is 1. The Morgan fingerprint density at radius 1 is 1.50 bits per heavy atom. The SMILES string of the molecule is COc1cc(C(=O)O)cc(Cl)c1OCCn1ccnc1. The standard InChI is InChI=1S/C13H13ClN2O4/c1-19-11-7-9(13(17)18)6-10(14)12(11)20-5-4-16-3-2-15-8-16/h2-3,6-8H,4-5H2,1H3,(H,17,18). The van der Waals surface area contributed by atoms with Crippen molar-refractivity contribution in [3.8, 4) is 11.5 Å². The van der Waals surface area contributed by atoms with Gasteiger partial charge in [0.2, 0.25) is 0 Å². The van der Waals surface area contributed by atoms with Crippen LogP contribution in [-0.2, 0) is 6.54 Å². The van der Waals surface area contributed by atoms with Gasteiger partial charge in [0.15, 0.2) is 11.5 Å². The summed E-state index contributed by atoms with van der Waals surface area (Å²) >= 11 is 6.03. The number of hydrogen-bond donors (Lipinski definition) is 1. The number of ether oxygens (including phenoxy) is 2. The van der Waals surface area contributed by atoms with E-state index in [0.717, 1.165) is 0 Å². The number of rotatable bonds is 6. The second-order valence-electron chi connectivity index (χ2n) is 3.94. The van der Waals surface area contributed by atoms with Crippen LogP contribution in [0, 0.1) is 0 Å². The number of nitrogens with zero attached hydrogens (tertiary/aromatic N) is 2. The molecular weight excluding hydrogens is 284 g/mol. The molecule has 0 aliphatic carbocycles. The van der Waals surface area contributed by atoms with E-state index in [2.05, 4.69) is 4.98 Å². The lowest BCUT2D eigenvalue weighted by Crippen LogP contribution is -2.08. The van der Waals surface area contributed by atoms with E-state index in [1.165, 1.54) is 19.2 Å². The van der Waals surface area contributed by atoms with Gasteiger partial charge in [0.1, 0.15) is 6.61 Å². The Morgan fingerprint density at radius 2 is 2.30 bits per heavy atom. The summed E-state index contributed by atoms with van der Waals surface area (Å²) in [6, 6.07) is 2.71. The van der Waals surface area contributed by atoms with Gasteiger partial charge in [0.05, 0.1) is 30.6 Å². The summed E-state index contributed by atoms with van der Waals surface area (Å²) in [5.41, 5.74) is 0.0498. The van der Waals surface area contributed by atoms with Gasteiger partial charge in [-0.3, -0.25) is 0 Å². The molecule has 106 valence electrons. The van der Waals surface area contributed by atoms with Crippen molar-refractivity contribution in [2.45, 2.75) is 6.54 Å². The first kappa shape index (κ1) is 14.2. The molecule has 2 aromatic rings. The smallest absolute Gasteiger partial charge is 0.335 e. The first-order chi connectivity index (χ1) is 9.61. The second-order valence-corrected chi connectivity index (χ2v) is 4.35. The Bertz CT molecular complexity index is 599. The minimum absolute atomic E-state index is 0.0498. The molecule has 1 heterocycles. The van der Waals surface area contributed by atoms with Gasteiger partial charge in [0, 0.05) is 12.4 Å². The molecule has 0 aliphatic heterocycles. The summed E-state index contributed by atoms with van der Waals surface area (Å²) in [5, 5.41) is 9.16. The molecule has 2 rings (SSSR count). The van der Waals surface area contributed by atoms with Crippen molar-refractivity contribution < 1.29 is 19.4 Å². The molecule has 0 fully saturated rings. The number of carbonyl (C=O) groups is 1. The summed E-state index contributed by atoms with van der Waals surface area (Å²) in [7, 11) is 1.43. The van der Waals surface area contributed by atoms with E-state index < -0.39 is 5.97 Å². The van der Waals surface area contributed by atoms with Gasteiger partial charge in [-0.25, -0.2) is 9.78 Å². The number of aromatic nitrogens is 2. The van der Waals surface area contributed by atoms with Crippen LogP contribution in [0.15, 0.2) is 30.9 Å². The average molecular weight is 297 g/mol. The van der Waals surface area contributed by atoms with Gasteiger partial charge in [-0.2, -0.15) is 0 Å². The molecule has 1 aromatic carbocycles. The summed E-state index contributed by atoms with van der Waals surface area (Å²) in [5.74, 6) is -0.449. The van der Waals surface area contributed by atoms with Crippen molar-refractivity contribution in [2.75, 3.05) is 13.7 Å². The molecule has 0 amide bonds. The van der Waals surface area contributed by atoms with Crippen molar-refractivity contribution in [3.63, 3.8) is 0 Å². The number of halogens is 1. The molecule has 0 saturated carbocycles. The lowest BCUT2D eigenvalue weighted by Gasteiger charge is -2.13. The predicted octanol–water partition coefficient (Wildman–Crippen LogP) is 2.32. The van der Waals surface area contributed by atoms with Crippen LogP contribution in [0.4, 0.5) is 0 Å². The molecule has 1 N–H and O–H groups in total. The summed E-state index contributed by atoms with van der Waals surface area (Å²) in [4.78, 5) is 14.9. The van der Waals surface area contributed by atoms with Crippen LogP contribution < -0.4 is 9.47 Å². The average Bonchev–Trinajstić information content (AvgIpc) is 2.93. The van der Waals surface area contributed by atoms with Crippen LogP contribution in [0.3, 0.4) is 0 Å². The van der Waals surface area contributed by atoms with Gasteiger partial charge >= 0.3 is 5.97 Å². The maximum atomic E-state index is 10.9. The van der Waals surface area contributed by atoms with E-state index in [4.69, 9.17) is 26.2 Å². The molecule has 0 radical (unpaired) electrons. The highest BCUT2D eigenvalue weighted by Crippen LogP contribution is 2.36. The van der Waals surface area contributed by atoms with Crippen LogP contribution >= 0.6 is 11.6 Å². The Kier molecular flexibility index (Phi) is 4.47. The largest absolute Gasteiger partial charge is 0.493 e. The fourth-order valence-electron chi connectivity index (χ4n) is 1.66. The maximum absolute atomic E-state index is 10.9. The van der Waals surface area contributed by atoms with Crippen LogP contribution in [0.25, 0.3) is 0 Å². The quantitative estimate of drug-likeness (QED) is 0.885. The lowest BCUT2D eigenvalue weighted by molar-refractivity contribution is 0.0696. The first-order valence-electron chi connectivity index (χ1n) is 5.81. The van der Waals surface area contributed by atoms with Gasteiger partial charge in [-0.1, -0.05) is 11.6 Å². The number of methoxy groups -OCH3 is 1. The van der Waals surface area contributed by atoms with Gasteiger partial charge < -0.3 is 19.1 Å². The molecule has 0 bridgehead atoms. The summed E-state index contributed by atoms with van der Waals surface area (Å²) in [6.45, 7) is 0.957. The van der Waals surface area contributed by atoms with Crippen LogP contribution in [-0.4, -0.2) is 34.3 Å². The summed E-state index contributed by atoms with van der Waals surface area (Å²) < 4.78 is 12.5. The third-order valence-corrected chi connectivity index (χ3v) is 2.91. The second kappa shape index (κ2) is 6.29. The normalized spacial score (nSPS) is 10.3. The topological polar surface area (TPSA) is 73.6 Å². The number of aromatic carboxylic acids is 1. The highest BCUT2D eigenvalue weighted by Gasteiger charge is 2.15. The molecule has 1 aromatic heterocycles. The van der Waals surface area contributed by atoms with Crippen molar-refractivity contribution in [1.29, 1.82) is 0 Å². The predicted molar refractivity (Wildman–Crippen MR) is 72.7 cm³/mol. The van der Waals surface area contributed by atoms with Gasteiger partial charge in [0.25, 0.3) is 0 Å². The number of imidazole rings is 1. The van der Waals surface area contributed by atoms with Crippen LogP contribution in [0.1, 0.15) is 10.4 Å². The lowest BCUT2D eigenvalue weighted by atomic mass is 10.2. The van der Waals surface area contributed by atoms with Crippen molar-refractivity contribution >= 4 is 17.6 Å². The molecule has 0 unspecified atom stereocenters. The molecule has 0 atom stereocenters. The zero-order chi connectivity index (χ0) is 14.5. The van der Waals surface area contributed by atoms with Crippen molar-refractivity contribution in [1.82, 2.24) is 9.55 Å². The van der Waals surface area contributed by atoms with Crippen molar-refractivity contribution in [2.24, 2.45) is 0 Å². The Hall–Kier alpha value is -2.21. The Morgan fingerprint density at radius 3 is 2.90 bits per heavy atom. The van der Waals surface area contributed by atoms with E-state index in [0.29, 0.717) is 24.7 Å². The number of hydrogen-bond acceptors (Lipinski definition) is 4. The monoisotopic (exact) mass is 296 g/mol. The number of carboxylic acids is 1. The first-order valence-corrected chi connectivity index (χ1v) is 6.19. The molecule has 0 saturated heterocycles. The zero-order valence-corrected chi connectivity index (χ0v) is 11.5. The molecule has 0 spiro atoms. The minimum atomic E-state index is -1.07. The van der Waals surface area contributed by atoms with E-state index in [-0.39, 0.29) is 10.6 Å². The van der Waals surface area contributed by atoms with E-state index in [1.807, 2.05) is 10.8 Å². The maximum Gasteiger partial charge on any atom is 0.335 e. The highest BCUT2D eigenvalue weighted by molar-refractivity contribution is 6.32. The highest BCUT2D eigenvalue weighted by atomic mass is 35.5. The minimum Gasteiger partial charge on any atom is -0.493 e. The van der Waals surface area contributed by atoms with E-state index >= 15 is 0 Å². The fourth-order valence-corrected chi connectivity index (χ4v) is 1.92. The molecule has 0 aliphatic rings. The van der Waals surface area contributed by atoms with Crippen molar-refractivity contribution in [3.05, 3.63) is 41.4 Å². The van der Waals surface area contributed by atoms with Crippen LogP contribution in [0.2, 0.25) is 5.02 Å². The summed E-state index contributed by atoms with van der Waals surface area (Å²) in [6.07, 6.45) is 5.17. The fraction of sp³-hybridized carbons (Fsp3) is 0.231. The zero-order valence-electron chi connectivity index (χ0n) is 10.7. The molecule has 6 nitrogen and oxygen atoms in total. The third-order valence-electron chi connectivity index (χ3n) is 2.63. The van der Waals surface area contributed by atoms with Crippen LogP contribution in [0.5, 0.6) is 11.5 Å². The molecule has 7 heteroatoms. The van der Waals surface area contributed by atoms with Gasteiger partial charge in [-0.15, -0.1) is 0 Å². The molecule has 20 heavy (non-hydrogen) atoms. The third kappa shape index (κ3) is 3.21. The Balaban J connectivity index is 2.12. The number of carboxylic acid groups (broad SMARTS) is 1. The Labute approximate surface area is 120 Å². The molecular formula is C13H13ClN2O4. The van der Waals surface area contributed by atoms with E-state index in [1.54, 1.807) is 12.5 Å².